The van der Waals surface area contributed by atoms with Crippen molar-refractivity contribution in [2.45, 2.75) is 18.5 Å². The van der Waals surface area contributed by atoms with Crippen LogP contribution in [0.5, 0.6) is 0 Å². The number of sulfonamides is 1. The molecule has 5 nitrogen and oxygen atoms in total. The molecule has 7 heteroatoms. The Hall–Kier alpha value is -0.950. The Morgan fingerprint density at radius 2 is 2.31 bits per heavy atom. The van der Waals surface area contributed by atoms with Crippen molar-refractivity contribution in [2.24, 2.45) is 5.14 Å². The highest BCUT2D eigenvalue weighted by atomic mass is 32.2. The van der Waals surface area contributed by atoms with Crippen LogP contribution in [-0.4, -0.2) is 24.6 Å². The standard InChI is InChI=1S/C6H10FN3O2S/c1-5-9-6(13(8,11)12)4-10(5)3-2-7/h4H,2-3H2,1H3,(H2,8,11,12). The van der Waals surface area contributed by atoms with Gasteiger partial charge in [-0.3, -0.25) is 0 Å². The van der Waals surface area contributed by atoms with E-state index in [1.807, 2.05) is 0 Å². The predicted octanol–water partition coefficient (Wildman–Crippen LogP) is -0.192. The van der Waals surface area contributed by atoms with E-state index in [4.69, 9.17) is 5.14 Å². The summed E-state index contributed by atoms with van der Waals surface area (Å²) in [5.74, 6) is 0.432. The van der Waals surface area contributed by atoms with Gasteiger partial charge in [-0.2, -0.15) is 0 Å². The van der Waals surface area contributed by atoms with Crippen molar-refractivity contribution >= 4 is 10.0 Å². The van der Waals surface area contributed by atoms with E-state index in [9.17, 15) is 12.8 Å². The van der Waals surface area contributed by atoms with Crippen LogP contribution in [0, 0.1) is 6.92 Å². The molecular weight excluding hydrogens is 197 g/mol. The van der Waals surface area contributed by atoms with Crippen molar-refractivity contribution < 1.29 is 12.8 Å². The van der Waals surface area contributed by atoms with E-state index < -0.39 is 16.7 Å². The Labute approximate surface area is 75.4 Å². The van der Waals surface area contributed by atoms with Crippen LogP contribution in [-0.2, 0) is 16.6 Å². The summed E-state index contributed by atoms with van der Waals surface area (Å²) >= 11 is 0. The zero-order chi connectivity index (χ0) is 10.1. The molecule has 0 aliphatic carbocycles. The van der Waals surface area contributed by atoms with Crippen LogP contribution in [0.4, 0.5) is 4.39 Å². The summed E-state index contributed by atoms with van der Waals surface area (Å²) < 4.78 is 35.0. The Kier molecular flexibility index (Phi) is 2.67. The van der Waals surface area contributed by atoms with Crippen molar-refractivity contribution in [1.82, 2.24) is 9.55 Å². The SMILES string of the molecule is Cc1nc(S(N)(=O)=O)cn1CCF. The lowest BCUT2D eigenvalue weighted by Crippen LogP contribution is -2.12. The monoisotopic (exact) mass is 207 g/mol. The molecule has 0 bridgehead atoms. The van der Waals surface area contributed by atoms with Gasteiger partial charge < -0.3 is 4.57 Å². The Morgan fingerprint density at radius 3 is 2.69 bits per heavy atom. The van der Waals surface area contributed by atoms with Gasteiger partial charge in [-0.25, -0.2) is 22.9 Å². The molecular formula is C6H10FN3O2S. The number of nitrogens with two attached hydrogens (primary N) is 1. The van der Waals surface area contributed by atoms with Gasteiger partial charge in [0, 0.05) is 6.20 Å². The fourth-order valence-corrected chi connectivity index (χ4v) is 1.47. The summed E-state index contributed by atoms with van der Waals surface area (Å²) in [6.07, 6.45) is 1.23. The number of hydrogen-bond donors (Lipinski definition) is 1. The molecule has 0 spiro atoms. The number of nitrogens with zero attached hydrogens (tertiary/aromatic N) is 2. The van der Waals surface area contributed by atoms with Gasteiger partial charge in [0.15, 0.2) is 5.03 Å². The molecule has 0 saturated heterocycles. The third-order valence-electron chi connectivity index (χ3n) is 1.57. The molecule has 0 atom stereocenters. The van der Waals surface area contributed by atoms with Gasteiger partial charge in [-0.05, 0) is 6.92 Å². The topological polar surface area (TPSA) is 78.0 Å². The lowest BCUT2D eigenvalue weighted by atomic mass is 10.6. The molecule has 2 N–H and O–H groups in total. The predicted molar refractivity (Wildman–Crippen MR) is 44.3 cm³/mol. The first kappa shape index (κ1) is 10.1. The average molecular weight is 207 g/mol. The Bertz CT molecular complexity index is 398. The molecule has 1 aromatic heterocycles. The first-order valence-corrected chi connectivity index (χ1v) is 5.12. The zero-order valence-electron chi connectivity index (χ0n) is 7.07. The third-order valence-corrected chi connectivity index (χ3v) is 2.35. The lowest BCUT2D eigenvalue weighted by Gasteiger charge is -1.97. The highest BCUT2D eigenvalue weighted by molar-refractivity contribution is 7.89. The molecule has 1 rings (SSSR count). The molecule has 0 amide bonds. The smallest absolute Gasteiger partial charge is 0.257 e. The molecule has 0 unspecified atom stereocenters. The molecule has 0 aromatic carbocycles. The van der Waals surface area contributed by atoms with Crippen molar-refractivity contribution in [2.75, 3.05) is 6.67 Å². The molecule has 0 saturated carbocycles. The Balaban J connectivity index is 3.09. The van der Waals surface area contributed by atoms with Crippen LogP contribution in [0.1, 0.15) is 5.82 Å². The molecule has 0 radical (unpaired) electrons. The minimum Gasteiger partial charge on any atom is -0.331 e. The molecule has 13 heavy (non-hydrogen) atoms. The van der Waals surface area contributed by atoms with Crippen LogP contribution in [0.2, 0.25) is 0 Å². The largest absolute Gasteiger partial charge is 0.331 e. The van der Waals surface area contributed by atoms with E-state index in [-0.39, 0.29) is 11.6 Å². The Morgan fingerprint density at radius 1 is 1.69 bits per heavy atom. The summed E-state index contributed by atoms with van der Waals surface area (Å²) in [6, 6.07) is 0. The van der Waals surface area contributed by atoms with E-state index >= 15 is 0 Å². The minimum atomic E-state index is -3.78. The minimum absolute atomic E-state index is 0.0916. The fourth-order valence-electron chi connectivity index (χ4n) is 0.934. The zero-order valence-corrected chi connectivity index (χ0v) is 7.88. The van der Waals surface area contributed by atoms with Crippen LogP contribution in [0.3, 0.4) is 0 Å². The van der Waals surface area contributed by atoms with Gasteiger partial charge in [0.25, 0.3) is 10.0 Å². The molecule has 74 valence electrons. The van der Waals surface area contributed by atoms with Gasteiger partial charge in [0.05, 0.1) is 6.54 Å². The average Bonchev–Trinajstić information content (AvgIpc) is 2.32. The second kappa shape index (κ2) is 3.43. The van der Waals surface area contributed by atoms with Crippen molar-refractivity contribution in [3.8, 4) is 0 Å². The summed E-state index contributed by atoms with van der Waals surface area (Å²) in [6.45, 7) is 1.11. The number of aromatic nitrogens is 2. The molecule has 0 fully saturated rings. The van der Waals surface area contributed by atoms with E-state index in [1.54, 1.807) is 6.92 Å². The van der Waals surface area contributed by atoms with Crippen LogP contribution in [0.25, 0.3) is 0 Å². The maximum atomic E-state index is 11.9. The normalized spacial score (nSPS) is 11.9. The highest BCUT2D eigenvalue weighted by Gasteiger charge is 2.13. The van der Waals surface area contributed by atoms with Gasteiger partial charge >= 0.3 is 0 Å². The van der Waals surface area contributed by atoms with Gasteiger partial charge in [-0.15, -0.1) is 0 Å². The van der Waals surface area contributed by atoms with Crippen LogP contribution in [0.15, 0.2) is 11.2 Å². The molecule has 1 aromatic rings. The van der Waals surface area contributed by atoms with Crippen LogP contribution >= 0.6 is 0 Å². The van der Waals surface area contributed by atoms with Gasteiger partial charge in [0.2, 0.25) is 0 Å². The maximum Gasteiger partial charge on any atom is 0.257 e. The number of rotatable bonds is 3. The summed E-state index contributed by atoms with van der Waals surface area (Å²) in [5, 5.41) is 4.61. The number of alkyl halides is 1. The van der Waals surface area contributed by atoms with Gasteiger partial charge in [0.1, 0.15) is 12.5 Å². The highest BCUT2D eigenvalue weighted by Crippen LogP contribution is 2.06. The second-order valence-corrected chi connectivity index (χ2v) is 4.06. The van der Waals surface area contributed by atoms with Crippen molar-refractivity contribution in [3.05, 3.63) is 12.0 Å². The number of primary sulfonamides is 1. The number of imidazole rings is 1. The fraction of sp³-hybridized carbons (Fsp3) is 0.500. The first-order chi connectivity index (χ1) is 5.95. The van der Waals surface area contributed by atoms with E-state index in [1.165, 1.54) is 10.8 Å². The van der Waals surface area contributed by atoms with Crippen LogP contribution < -0.4 is 5.14 Å². The first-order valence-electron chi connectivity index (χ1n) is 3.57. The number of halogens is 1. The second-order valence-electron chi connectivity index (χ2n) is 2.55. The quantitative estimate of drug-likeness (QED) is 0.746. The van der Waals surface area contributed by atoms with Crippen molar-refractivity contribution in [1.29, 1.82) is 0 Å². The molecule has 0 aliphatic heterocycles. The van der Waals surface area contributed by atoms with Gasteiger partial charge in [-0.1, -0.05) is 0 Å². The molecule has 1 heterocycles. The van der Waals surface area contributed by atoms with E-state index in [0.29, 0.717) is 5.82 Å². The van der Waals surface area contributed by atoms with Crippen molar-refractivity contribution in [3.63, 3.8) is 0 Å². The summed E-state index contributed by atoms with van der Waals surface area (Å²) in [4.78, 5) is 3.68. The van der Waals surface area contributed by atoms with E-state index in [2.05, 4.69) is 4.98 Å². The maximum absolute atomic E-state index is 11.9. The van der Waals surface area contributed by atoms with E-state index in [0.717, 1.165) is 0 Å². The molecule has 0 aliphatic rings. The lowest BCUT2D eigenvalue weighted by molar-refractivity contribution is 0.441. The number of aryl methyl sites for hydroxylation is 2. The summed E-state index contributed by atoms with van der Waals surface area (Å²) in [7, 11) is -3.78. The number of hydrogen-bond acceptors (Lipinski definition) is 3. The third kappa shape index (κ3) is 2.25. The summed E-state index contributed by atoms with van der Waals surface area (Å²) in [5.41, 5.74) is 0.